The molecule has 1 aliphatic rings. The Kier molecular flexibility index (Phi) is 2.09. The van der Waals surface area contributed by atoms with Crippen LogP contribution in [0.3, 0.4) is 0 Å². The van der Waals surface area contributed by atoms with Crippen molar-refractivity contribution < 1.29 is 9.84 Å². The number of ether oxygens (including phenoxy) is 1. The summed E-state index contributed by atoms with van der Waals surface area (Å²) in [4.78, 5) is 0. The fourth-order valence-corrected chi connectivity index (χ4v) is 1.29. The molecule has 2 heteroatoms. The zero-order valence-corrected chi connectivity index (χ0v) is 6.00. The van der Waals surface area contributed by atoms with Crippen molar-refractivity contribution in [3.63, 3.8) is 0 Å². The van der Waals surface area contributed by atoms with E-state index in [9.17, 15) is 0 Å². The molecule has 1 heterocycles. The smallest absolute Gasteiger partial charge is 0.0565 e. The second-order valence-corrected chi connectivity index (χ2v) is 2.92. The van der Waals surface area contributed by atoms with Crippen LogP contribution in [0.15, 0.2) is 0 Å². The van der Waals surface area contributed by atoms with Gasteiger partial charge in [0.1, 0.15) is 0 Å². The second kappa shape index (κ2) is 2.67. The van der Waals surface area contributed by atoms with E-state index in [1.165, 1.54) is 0 Å². The molecule has 0 radical (unpaired) electrons. The van der Waals surface area contributed by atoms with E-state index in [1.54, 1.807) is 0 Å². The molecule has 1 rings (SSSR count). The number of hydrogen-bond acceptors (Lipinski definition) is 2. The molecular weight excluding hydrogens is 116 g/mol. The standard InChI is InChI=1S/C7H14O2/c1-5-3-9-4-7(5)6(2)8/h5-8H,3-4H2,1-2H3. The van der Waals surface area contributed by atoms with Crippen molar-refractivity contribution in [2.75, 3.05) is 13.2 Å². The quantitative estimate of drug-likeness (QED) is 0.564. The van der Waals surface area contributed by atoms with Crippen molar-refractivity contribution in [1.29, 1.82) is 0 Å². The number of hydrogen-bond donors (Lipinski definition) is 1. The van der Waals surface area contributed by atoms with Gasteiger partial charge in [-0.1, -0.05) is 6.92 Å². The lowest BCUT2D eigenvalue weighted by Crippen LogP contribution is -2.22. The van der Waals surface area contributed by atoms with Crippen molar-refractivity contribution in [2.24, 2.45) is 11.8 Å². The molecule has 3 unspecified atom stereocenters. The molecule has 0 aromatic rings. The lowest BCUT2D eigenvalue weighted by Gasteiger charge is -2.15. The first-order valence-electron chi connectivity index (χ1n) is 3.47. The number of aliphatic hydroxyl groups is 1. The Labute approximate surface area is 55.8 Å². The van der Waals surface area contributed by atoms with Gasteiger partial charge >= 0.3 is 0 Å². The minimum atomic E-state index is -0.206. The van der Waals surface area contributed by atoms with E-state index in [4.69, 9.17) is 9.84 Å². The fourth-order valence-electron chi connectivity index (χ4n) is 1.29. The monoisotopic (exact) mass is 130 g/mol. The molecular formula is C7H14O2. The zero-order chi connectivity index (χ0) is 6.85. The van der Waals surface area contributed by atoms with Crippen LogP contribution in [0.2, 0.25) is 0 Å². The third kappa shape index (κ3) is 1.43. The Morgan fingerprint density at radius 3 is 2.44 bits per heavy atom. The SMILES string of the molecule is CC(O)C1COCC1C. The third-order valence-electron chi connectivity index (χ3n) is 2.04. The molecule has 9 heavy (non-hydrogen) atoms. The zero-order valence-electron chi connectivity index (χ0n) is 6.00. The first-order chi connectivity index (χ1) is 4.22. The van der Waals surface area contributed by atoms with Crippen LogP contribution in [0.1, 0.15) is 13.8 Å². The molecule has 0 saturated carbocycles. The maximum atomic E-state index is 9.14. The Morgan fingerprint density at radius 2 is 2.22 bits per heavy atom. The van der Waals surface area contributed by atoms with Crippen molar-refractivity contribution in [2.45, 2.75) is 20.0 Å². The Balaban J connectivity index is 2.40. The van der Waals surface area contributed by atoms with Gasteiger partial charge < -0.3 is 9.84 Å². The predicted molar refractivity (Wildman–Crippen MR) is 35.2 cm³/mol. The molecule has 0 bridgehead atoms. The summed E-state index contributed by atoms with van der Waals surface area (Å²) >= 11 is 0. The van der Waals surface area contributed by atoms with Crippen LogP contribution >= 0.6 is 0 Å². The van der Waals surface area contributed by atoms with E-state index in [1.807, 2.05) is 6.92 Å². The van der Waals surface area contributed by atoms with E-state index in [-0.39, 0.29) is 6.10 Å². The third-order valence-corrected chi connectivity index (χ3v) is 2.04. The van der Waals surface area contributed by atoms with Gasteiger partial charge in [0.25, 0.3) is 0 Å². The van der Waals surface area contributed by atoms with Crippen molar-refractivity contribution in [1.82, 2.24) is 0 Å². The summed E-state index contributed by atoms with van der Waals surface area (Å²) in [5.41, 5.74) is 0. The highest BCUT2D eigenvalue weighted by Gasteiger charge is 2.27. The Hall–Kier alpha value is -0.0800. The highest BCUT2D eigenvalue weighted by Crippen LogP contribution is 2.22. The number of rotatable bonds is 1. The average molecular weight is 130 g/mol. The van der Waals surface area contributed by atoms with E-state index < -0.39 is 0 Å². The lowest BCUT2D eigenvalue weighted by atomic mass is 9.93. The van der Waals surface area contributed by atoms with E-state index in [0.29, 0.717) is 11.8 Å². The maximum Gasteiger partial charge on any atom is 0.0565 e. The largest absolute Gasteiger partial charge is 0.393 e. The summed E-state index contributed by atoms with van der Waals surface area (Å²) in [6.45, 7) is 5.49. The molecule has 3 atom stereocenters. The molecule has 1 fully saturated rings. The van der Waals surface area contributed by atoms with E-state index >= 15 is 0 Å². The fraction of sp³-hybridized carbons (Fsp3) is 1.00. The van der Waals surface area contributed by atoms with Gasteiger partial charge in [-0.3, -0.25) is 0 Å². The first-order valence-corrected chi connectivity index (χ1v) is 3.47. The summed E-state index contributed by atoms with van der Waals surface area (Å²) in [5, 5.41) is 9.14. The van der Waals surface area contributed by atoms with Crippen LogP contribution in [-0.4, -0.2) is 24.4 Å². The van der Waals surface area contributed by atoms with Crippen molar-refractivity contribution >= 4 is 0 Å². The molecule has 0 aliphatic carbocycles. The van der Waals surface area contributed by atoms with Gasteiger partial charge in [0.15, 0.2) is 0 Å². The summed E-state index contributed by atoms with van der Waals surface area (Å²) in [7, 11) is 0. The number of aliphatic hydroxyl groups excluding tert-OH is 1. The van der Waals surface area contributed by atoms with Gasteiger partial charge in [-0.25, -0.2) is 0 Å². The lowest BCUT2D eigenvalue weighted by molar-refractivity contribution is 0.0983. The maximum absolute atomic E-state index is 9.14. The summed E-state index contributed by atoms with van der Waals surface area (Å²) < 4.78 is 5.17. The summed E-state index contributed by atoms with van der Waals surface area (Å²) in [6, 6.07) is 0. The summed E-state index contributed by atoms with van der Waals surface area (Å²) in [6.07, 6.45) is -0.206. The Morgan fingerprint density at radius 1 is 1.56 bits per heavy atom. The molecule has 1 N–H and O–H groups in total. The molecule has 0 spiro atoms. The molecule has 1 saturated heterocycles. The van der Waals surface area contributed by atoms with Gasteiger partial charge in [-0.05, 0) is 12.8 Å². The van der Waals surface area contributed by atoms with Crippen LogP contribution in [0, 0.1) is 11.8 Å². The predicted octanol–water partition coefficient (Wildman–Crippen LogP) is 0.650. The second-order valence-electron chi connectivity index (χ2n) is 2.92. The van der Waals surface area contributed by atoms with E-state index in [2.05, 4.69) is 6.92 Å². The molecule has 2 nitrogen and oxygen atoms in total. The average Bonchev–Trinajstić information content (AvgIpc) is 2.13. The van der Waals surface area contributed by atoms with Gasteiger partial charge in [0.05, 0.1) is 12.7 Å². The summed E-state index contributed by atoms with van der Waals surface area (Å²) in [5.74, 6) is 0.898. The van der Waals surface area contributed by atoms with Gasteiger partial charge in [-0.2, -0.15) is 0 Å². The van der Waals surface area contributed by atoms with Crippen LogP contribution in [0.5, 0.6) is 0 Å². The van der Waals surface area contributed by atoms with Gasteiger partial charge in [-0.15, -0.1) is 0 Å². The molecule has 1 aliphatic heterocycles. The van der Waals surface area contributed by atoms with Gasteiger partial charge in [0, 0.05) is 12.5 Å². The van der Waals surface area contributed by atoms with Gasteiger partial charge in [0.2, 0.25) is 0 Å². The molecule has 0 aromatic heterocycles. The minimum absolute atomic E-state index is 0.206. The highest BCUT2D eigenvalue weighted by atomic mass is 16.5. The van der Waals surface area contributed by atoms with Crippen LogP contribution in [0.4, 0.5) is 0 Å². The molecule has 54 valence electrons. The molecule has 0 amide bonds. The van der Waals surface area contributed by atoms with Crippen LogP contribution in [-0.2, 0) is 4.74 Å². The normalized spacial score (nSPS) is 39.0. The highest BCUT2D eigenvalue weighted by molar-refractivity contribution is 4.75. The topological polar surface area (TPSA) is 29.5 Å². The van der Waals surface area contributed by atoms with Crippen LogP contribution < -0.4 is 0 Å². The molecule has 0 aromatic carbocycles. The minimum Gasteiger partial charge on any atom is -0.393 e. The Bertz CT molecular complexity index is 90.9. The van der Waals surface area contributed by atoms with Crippen LogP contribution in [0.25, 0.3) is 0 Å². The van der Waals surface area contributed by atoms with E-state index in [0.717, 1.165) is 13.2 Å². The van der Waals surface area contributed by atoms with Crippen molar-refractivity contribution in [3.8, 4) is 0 Å². The first kappa shape index (κ1) is 7.03. The van der Waals surface area contributed by atoms with Crippen molar-refractivity contribution in [3.05, 3.63) is 0 Å².